The number of alkyl halides is 3. The van der Waals surface area contributed by atoms with Crippen molar-refractivity contribution >= 4 is 5.97 Å². The molecule has 0 saturated heterocycles. The summed E-state index contributed by atoms with van der Waals surface area (Å²) in [4.78, 5) is 11.1. The quantitative estimate of drug-likeness (QED) is 0.834. The van der Waals surface area contributed by atoms with Gasteiger partial charge in [0.2, 0.25) is 0 Å². The van der Waals surface area contributed by atoms with Crippen LogP contribution in [0.15, 0.2) is 18.2 Å². The molecule has 19 heavy (non-hydrogen) atoms. The molecular formula is C11H10F5NO2. The van der Waals surface area contributed by atoms with Crippen molar-refractivity contribution in [2.75, 3.05) is 6.54 Å². The van der Waals surface area contributed by atoms with Gasteiger partial charge in [0.1, 0.15) is 5.54 Å². The van der Waals surface area contributed by atoms with Gasteiger partial charge in [0.05, 0.1) is 6.54 Å². The molecule has 0 radical (unpaired) electrons. The van der Waals surface area contributed by atoms with Gasteiger partial charge in [-0.1, -0.05) is 6.07 Å². The summed E-state index contributed by atoms with van der Waals surface area (Å²) in [5, 5.41) is 10.8. The summed E-state index contributed by atoms with van der Waals surface area (Å²) in [6, 6.07) is 2.11. The Morgan fingerprint density at radius 2 is 1.84 bits per heavy atom. The van der Waals surface area contributed by atoms with E-state index in [-0.39, 0.29) is 5.56 Å². The molecule has 1 atom stereocenters. The average Bonchev–Trinajstić information content (AvgIpc) is 2.28. The van der Waals surface area contributed by atoms with Crippen molar-refractivity contribution in [2.45, 2.75) is 18.6 Å². The molecule has 0 aliphatic heterocycles. The summed E-state index contributed by atoms with van der Waals surface area (Å²) in [6.45, 7) is -0.636. The van der Waals surface area contributed by atoms with Crippen LogP contribution in [0.1, 0.15) is 12.5 Å². The lowest BCUT2D eigenvalue weighted by atomic mass is 9.92. The second kappa shape index (κ2) is 5.12. The van der Waals surface area contributed by atoms with Crippen molar-refractivity contribution in [3.63, 3.8) is 0 Å². The normalized spacial score (nSPS) is 15.1. The highest BCUT2D eigenvalue weighted by molar-refractivity contribution is 5.80. The van der Waals surface area contributed by atoms with Gasteiger partial charge in [-0.25, -0.2) is 13.6 Å². The molecule has 1 unspecified atom stereocenters. The second-order valence-electron chi connectivity index (χ2n) is 4.03. The number of hydrogen-bond donors (Lipinski definition) is 2. The molecule has 1 rings (SSSR count). The Balaban J connectivity index is 3.11. The van der Waals surface area contributed by atoms with Gasteiger partial charge in [0.25, 0.3) is 0 Å². The zero-order valence-electron chi connectivity index (χ0n) is 9.68. The summed E-state index contributed by atoms with van der Waals surface area (Å²) in [5.74, 6) is -4.19. The fourth-order valence-electron chi connectivity index (χ4n) is 1.39. The molecule has 0 aliphatic rings. The number of halogens is 5. The molecule has 0 spiro atoms. The Morgan fingerprint density at radius 3 is 2.26 bits per heavy atom. The number of nitrogens with one attached hydrogen (secondary N) is 1. The molecule has 0 heterocycles. The van der Waals surface area contributed by atoms with Crippen molar-refractivity contribution in [2.24, 2.45) is 0 Å². The van der Waals surface area contributed by atoms with Crippen molar-refractivity contribution in [1.82, 2.24) is 5.32 Å². The highest BCUT2D eigenvalue weighted by atomic mass is 19.4. The van der Waals surface area contributed by atoms with Crippen LogP contribution in [-0.2, 0) is 10.3 Å². The third-order valence-electron chi connectivity index (χ3n) is 2.57. The SMILES string of the molecule is CC(NCC(F)(F)F)(C(=O)O)c1ccc(F)c(F)c1. The second-order valence-corrected chi connectivity index (χ2v) is 4.03. The highest BCUT2D eigenvalue weighted by Gasteiger charge is 2.39. The van der Waals surface area contributed by atoms with Gasteiger partial charge in [-0.2, -0.15) is 13.2 Å². The minimum absolute atomic E-state index is 0.317. The molecular weight excluding hydrogens is 273 g/mol. The zero-order valence-corrected chi connectivity index (χ0v) is 9.68. The Hall–Kier alpha value is -1.70. The first-order chi connectivity index (χ1) is 8.56. The fourth-order valence-corrected chi connectivity index (χ4v) is 1.39. The van der Waals surface area contributed by atoms with Crippen LogP contribution in [0.4, 0.5) is 22.0 Å². The summed E-state index contributed by atoms with van der Waals surface area (Å²) in [6.07, 6.45) is -4.63. The molecule has 0 bridgehead atoms. The Kier molecular flexibility index (Phi) is 4.14. The maximum atomic E-state index is 13.0. The first kappa shape index (κ1) is 15.4. The zero-order chi connectivity index (χ0) is 14.8. The van der Waals surface area contributed by atoms with E-state index in [1.165, 1.54) is 0 Å². The Bertz CT molecular complexity index is 488. The number of carboxylic acid groups (broad SMARTS) is 1. The Morgan fingerprint density at radius 1 is 1.26 bits per heavy atom. The van der Waals surface area contributed by atoms with Crippen LogP contribution in [-0.4, -0.2) is 23.8 Å². The largest absolute Gasteiger partial charge is 0.480 e. The van der Waals surface area contributed by atoms with E-state index in [0.717, 1.165) is 13.0 Å². The standard InChI is InChI=1S/C11H10F5NO2/c1-10(9(18)19,17-5-11(14,15)16)6-2-3-7(12)8(13)4-6/h2-4,17H,5H2,1H3,(H,18,19). The van der Waals surface area contributed by atoms with Gasteiger partial charge < -0.3 is 5.11 Å². The maximum absolute atomic E-state index is 13.0. The number of aliphatic carboxylic acids is 1. The first-order valence-corrected chi connectivity index (χ1v) is 5.07. The van der Waals surface area contributed by atoms with Crippen molar-refractivity contribution in [3.8, 4) is 0 Å². The van der Waals surface area contributed by atoms with Gasteiger partial charge >= 0.3 is 12.1 Å². The maximum Gasteiger partial charge on any atom is 0.401 e. The predicted octanol–water partition coefficient (Wildman–Crippen LogP) is 2.42. The monoisotopic (exact) mass is 283 g/mol. The molecule has 0 aromatic heterocycles. The molecule has 1 aromatic rings. The predicted molar refractivity (Wildman–Crippen MR) is 55.4 cm³/mol. The van der Waals surface area contributed by atoms with Crippen LogP contribution in [0.2, 0.25) is 0 Å². The van der Waals surface area contributed by atoms with E-state index in [4.69, 9.17) is 5.11 Å². The summed E-state index contributed by atoms with van der Waals surface area (Å²) in [7, 11) is 0. The number of rotatable bonds is 4. The minimum Gasteiger partial charge on any atom is -0.480 e. The molecule has 0 fully saturated rings. The number of carboxylic acids is 1. The van der Waals surface area contributed by atoms with Gasteiger partial charge in [0, 0.05) is 0 Å². The topological polar surface area (TPSA) is 49.3 Å². The minimum atomic E-state index is -4.63. The molecule has 2 N–H and O–H groups in total. The van der Waals surface area contributed by atoms with E-state index in [1.54, 1.807) is 5.32 Å². The van der Waals surface area contributed by atoms with Crippen LogP contribution in [0.5, 0.6) is 0 Å². The van der Waals surface area contributed by atoms with Crippen LogP contribution < -0.4 is 5.32 Å². The van der Waals surface area contributed by atoms with Gasteiger partial charge in [-0.15, -0.1) is 0 Å². The van der Waals surface area contributed by atoms with E-state index < -0.39 is 35.9 Å². The molecule has 0 amide bonds. The Labute approximate surface area is 105 Å². The van der Waals surface area contributed by atoms with E-state index in [0.29, 0.717) is 12.1 Å². The van der Waals surface area contributed by atoms with E-state index in [9.17, 15) is 26.7 Å². The molecule has 106 valence electrons. The third kappa shape index (κ3) is 3.63. The summed E-state index contributed by atoms with van der Waals surface area (Å²) >= 11 is 0. The highest BCUT2D eigenvalue weighted by Crippen LogP contribution is 2.25. The van der Waals surface area contributed by atoms with Crippen molar-refractivity contribution in [1.29, 1.82) is 0 Å². The molecule has 8 heteroatoms. The van der Waals surface area contributed by atoms with Crippen LogP contribution >= 0.6 is 0 Å². The molecule has 1 aromatic carbocycles. The number of benzene rings is 1. The summed E-state index contributed by atoms with van der Waals surface area (Å²) < 4.78 is 62.1. The summed E-state index contributed by atoms with van der Waals surface area (Å²) in [5.41, 5.74) is -2.49. The van der Waals surface area contributed by atoms with Crippen LogP contribution in [0.3, 0.4) is 0 Å². The van der Waals surface area contributed by atoms with Gasteiger partial charge in [-0.05, 0) is 24.6 Å². The fraction of sp³-hybridized carbons (Fsp3) is 0.364. The van der Waals surface area contributed by atoms with Gasteiger partial charge in [-0.3, -0.25) is 5.32 Å². The van der Waals surface area contributed by atoms with Crippen molar-refractivity contribution in [3.05, 3.63) is 35.4 Å². The third-order valence-corrected chi connectivity index (χ3v) is 2.57. The first-order valence-electron chi connectivity index (χ1n) is 5.07. The smallest absolute Gasteiger partial charge is 0.401 e. The molecule has 3 nitrogen and oxygen atoms in total. The lowest BCUT2D eigenvalue weighted by Crippen LogP contribution is -2.50. The molecule has 0 aliphatic carbocycles. The lowest BCUT2D eigenvalue weighted by Gasteiger charge is -2.27. The van der Waals surface area contributed by atoms with E-state index in [1.807, 2.05) is 0 Å². The van der Waals surface area contributed by atoms with Crippen LogP contribution in [0, 0.1) is 11.6 Å². The van der Waals surface area contributed by atoms with Crippen molar-refractivity contribution < 1.29 is 31.9 Å². The molecule has 0 saturated carbocycles. The average molecular weight is 283 g/mol. The number of carbonyl (C=O) groups is 1. The number of hydrogen-bond acceptors (Lipinski definition) is 2. The van der Waals surface area contributed by atoms with Crippen LogP contribution in [0.25, 0.3) is 0 Å². The van der Waals surface area contributed by atoms with Gasteiger partial charge in [0.15, 0.2) is 11.6 Å². The lowest BCUT2D eigenvalue weighted by molar-refractivity contribution is -0.150. The van der Waals surface area contributed by atoms with E-state index in [2.05, 4.69) is 0 Å². The van der Waals surface area contributed by atoms with E-state index >= 15 is 0 Å².